The Balaban J connectivity index is 1.49. The molecule has 2 saturated carbocycles. The number of carbonyl (C=O) groups is 2. The van der Waals surface area contributed by atoms with Crippen LogP contribution in [0.1, 0.15) is 55.3 Å². The number of fused-ring (bicyclic) bond motifs is 1. The molecule has 0 bridgehead atoms. The summed E-state index contributed by atoms with van der Waals surface area (Å²) in [4.78, 5) is 26.4. The van der Waals surface area contributed by atoms with E-state index in [1.165, 1.54) is 12.8 Å². The van der Waals surface area contributed by atoms with Crippen molar-refractivity contribution in [2.45, 2.75) is 51.0 Å². The molecule has 0 unspecified atom stereocenters. The first kappa shape index (κ1) is 16.4. The third kappa shape index (κ3) is 2.90. The largest absolute Gasteiger partial charge is 0.490 e. The second-order valence-electron chi connectivity index (χ2n) is 7.79. The zero-order chi connectivity index (χ0) is 17.4. The standard InChI is InChI=1S/C20H25NO4/c22-18(21-12-15-6-4-10-20(15,13-21)19(23)24)14-5-3-9-17(11-14)25-16-7-1-2-8-16/h3,5,9,11,15-16H,1-2,4,6-8,10,12-13H2,(H,23,24)/t15-,20+/m0/s1. The smallest absolute Gasteiger partial charge is 0.311 e. The van der Waals surface area contributed by atoms with Crippen LogP contribution in [0.25, 0.3) is 0 Å². The number of benzene rings is 1. The van der Waals surface area contributed by atoms with Crippen LogP contribution in [0.3, 0.4) is 0 Å². The van der Waals surface area contributed by atoms with Crippen LogP contribution in [0.5, 0.6) is 5.75 Å². The van der Waals surface area contributed by atoms with Gasteiger partial charge in [0.2, 0.25) is 0 Å². The van der Waals surface area contributed by atoms with Crippen molar-refractivity contribution in [3.05, 3.63) is 29.8 Å². The molecule has 1 heterocycles. The zero-order valence-electron chi connectivity index (χ0n) is 14.4. The highest BCUT2D eigenvalue weighted by atomic mass is 16.5. The van der Waals surface area contributed by atoms with Crippen molar-refractivity contribution in [2.24, 2.45) is 11.3 Å². The fourth-order valence-electron chi connectivity index (χ4n) is 4.88. The van der Waals surface area contributed by atoms with Gasteiger partial charge in [0, 0.05) is 18.7 Å². The van der Waals surface area contributed by atoms with Crippen LogP contribution in [0.2, 0.25) is 0 Å². The number of hydrogen-bond acceptors (Lipinski definition) is 3. The Morgan fingerprint density at radius 1 is 1.16 bits per heavy atom. The van der Waals surface area contributed by atoms with E-state index in [-0.39, 0.29) is 17.9 Å². The van der Waals surface area contributed by atoms with Gasteiger partial charge in [-0.1, -0.05) is 12.5 Å². The third-order valence-electron chi connectivity index (χ3n) is 6.27. The number of aliphatic carboxylic acids is 1. The first-order valence-corrected chi connectivity index (χ1v) is 9.38. The van der Waals surface area contributed by atoms with Gasteiger partial charge in [-0.05, 0) is 62.6 Å². The first-order valence-electron chi connectivity index (χ1n) is 9.38. The van der Waals surface area contributed by atoms with Crippen LogP contribution in [0, 0.1) is 11.3 Å². The molecule has 0 radical (unpaired) electrons. The summed E-state index contributed by atoms with van der Waals surface area (Å²) in [5, 5.41) is 9.69. The molecule has 0 spiro atoms. The Morgan fingerprint density at radius 2 is 1.96 bits per heavy atom. The Bertz CT molecular complexity index is 682. The molecule has 25 heavy (non-hydrogen) atoms. The van der Waals surface area contributed by atoms with Crippen molar-refractivity contribution in [2.75, 3.05) is 13.1 Å². The first-order chi connectivity index (χ1) is 12.1. The molecule has 5 nitrogen and oxygen atoms in total. The highest BCUT2D eigenvalue weighted by molar-refractivity contribution is 5.95. The number of ether oxygens (including phenoxy) is 1. The van der Waals surface area contributed by atoms with E-state index in [0.717, 1.165) is 31.4 Å². The number of likely N-dealkylation sites (tertiary alicyclic amines) is 1. The minimum absolute atomic E-state index is 0.0769. The number of carboxylic acids is 1. The molecular weight excluding hydrogens is 318 g/mol. The molecule has 3 fully saturated rings. The van der Waals surface area contributed by atoms with Crippen LogP contribution in [-0.2, 0) is 4.79 Å². The van der Waals surface area contributed by atoms with Crippen molar-refractivity contribution in [3.63, 3.8) is 0 Å². The average Bonchev–Trinajstić information content (AvgIpc) is 3.29. The molecule has 5 heteroatoms. The summed E-state index contributed by atoms with van der Waals surface area (Å²) in [5.41, 5.74) is -0.135. The molecule has 1 amide bonds. The van der Waals surface area contributed by atoms with Gasteiger partial charge >= 0.3 is 5.97 Å². The van der Waals surface area contributed by atoms with Crippen molar-refractivity contribution in [1.82, 2.24) is 4.90 Å². The number of amides is 1. The summed E-state index contributed by atoms with van der Waals surface area (Å²) in [6.45, 7) is 0.887. The number of hydrogen-bond donors (Lipinski definition) is 1. The molecule has 4 rings (SSSR count). The molecule has 2 aliphatic carbocycles. The Kier molecular flexibility index (Phi) is 4.18. The Hall–Kier alpha value is -2.04. The number of rotatable bonds is 4. The summed E-state index contributed by atoms with van der Waals surface area (Å²) in [6, 6.07) is 7.35. The molecule has 0 aromatic heterocycles. The van der Waals surface area contributed by atoms with Crippen molar-refractivity contribution < 1.29 is 19.4 Å². The van der Waals surface area contributed by atoms with Gasteiger partial charge in [-0.25, -0.2) is 0 Å². The predicted octanol–water partition coefficient (Wildman–Crippen LogP) is 3.33. The fraction of sp³-hybridized carbons (Fsp3) is 0.600. The molecular formula is C20H25NO4. The lowest BCUT2D eigenvalue weighted by Crippen LogP contribution is -2.37. The van der Waals surface area contributed by atoms with E-state index in [9.17, 15) is 14.7 Å². The molecule has 1 N–H and O–H groups in total. The van der Waals surface area contributed by atoms with Gasteiger partial charge in [-0.2, -0.15) is 0 Å². The Morgan fingerprint density at radius 3 is 2.68 bits per heavy atom. The van der Waals surface area contributed by atoms with Gasteiger partial charge in [-0.15, -0.1) is 0 Å². The summed E-state index contributed by atoms with van der Waals surface area (Å²) in [6.07, 6.45) is 7.35. The monoisotopic (exact) mass is 343 g/mol. The molecule has 1 saturated heterocycles. The maximum atomic E-state index is 12.9. The van der Waals surface area contributed by atoms with E-state index in [0.29, 0.717) is 25.1 Å². The molecule has 1 aromatic rings. The van der Waals surface area contributed by atoms with E-state index in [4.69, 9.17) is 4.74 Å². The van der Waals surface area contributed by atoms with E-state index < -0.39 is 11.4 Å². The molecule has 3 aliphatic rings. The number of carboxylic acid groups (broad SMARTS) is 1. The van der Waals surface area contributed by atoms with E-state index >= 15 is 0 Å². The Labute approximate surface area is 148 Å². The third-order valence-corrected chi connectivity index (χ3v) is 6.27. The van der Waals surface area contributed by atoms with E-state index in [2.05, 4.69) is 0 Å². The van der Waals surface area contributed by atoms with Crippen LogP contribution in [0.15, 0.2) is 24.3 Å². The number of nitrogens with zero attached hydrogens (tertiary/aromatic N) is 1. The van der Waals surface area contributed by atoms with Gasteiger partial charge in [0.25, 0.3) is 5.91 Å². The van der Waals surface area contributed by atoms with Gasteiger partial charge in [0.1, 0.15) is 5.75 Å². The predicted molar refractivity (Wildman–Crippen MR) is 92.6 cm³/mol. The summed E-state index contributed by atoms with van der Waals surface area (Å²) < 4.78 is 6.00. The van der Waals surface area contributed by atoms with Crippen LogP contribution in [-0.4, -0.2) is 41.1 Å². The lowest BCUT2D eigenvalue weighted by atomic mass is 9.81. The van der Waals surface area contributed by atoms with Crippen molar-refractivity contribution in [1.29, 1.82) is 0 Å². The molecule has 134 valence electrons. The zero-order valence-corrected chi connectivity index (χ0v) is 14.4. The van der Waals surface area contributed by atoms with Crippen LogP contribution in [0.4, 0.5) is 0 Å². The van der Waals surface area contributed by atoms with Gasteiger partial charge < -0.3 is 14.7 Å². The average molecular weight is 343 g/mol. The molecule has 1 aromatic carbocycles. The topological polar surface area (TPSA) is 66.8 Å². The number of carbonyl (C=O) groups excluding carboxylic acids is 1. The minimum atomic E-state index is -0.747. The highest BCUT2D eigenvalue weighted by Crippen LogP contribution is 2.49. The van der Waals surface area contributed by atoms with Crippen molar-refractivity contribution >= 4 is 11.9 Å². The maximum Gasteiger partial charge on any atom is 0.311 e. The normalized spacial score (nSPS) is 29.0. The van der Waals surface area contributed by atoms with E-state index in [1.807, 2.05) is 18.2 Å². The van der Waals surface area contributed by atoms with Gasteiger partial charge in [0.15, 0.2) is 0 Å². The summed E-state index contributed by atoms with van der Waals surface area (Å²) >= 11 is 0. The second kappa shape index (κ2) is 6.36. The molecule has 2 atom stereocenters. The quantitative estimate of drug-likeness (QED) is 0.910. The molecule has 1 aliphatic heterocycles. The highest BCUT2D eigenvalue weighted by Gasteiger charge is 2.55. The summed E-state index contributed by atoms with van der Waals surface area (Å²) in [7, 11) is 0. The fourth-order valence-corrected chi connectivity index (χ4v) is 4.88. The van der Waals surface area contributed by atoms with Gasteiger partial charge in [-0.3, -0.25) is 9.59 Å². The minimum Gasteiger partial charge on any atom is -0.490 e. The second-order valence-corrected chi connectivity index (χ2v) is 7.79. The summed E-state index contributed by atoms with van der Waals surface area (Å²) in [5.74, 6) is 0.00692. The lowest BCUT2D eigenvalue weighted by Gasteiger charge is -2.23. The maximum absolute atomic E-state index is 12.9. The van der Waals surface area contributed by atoms with Crippen molar-refractivity contribution in [3.8, 4) is 5.75 Å². The van der Waals surface area contributed by atoms with Gasteiger partial charge in [0.05, 0.1) is 11.5 Å². The SMILES string of the molecule is O=C(c1cccc(OC2CCCC2)c1)N1C[C@@H]2CCC[C@@]2(C(=O)O)C1. The van der Waals surface area contributed by atoms with Crippen LogP contribution < -0.4 is 4.74 Å². The van der Waals surface area contributed by atoms with Crippen LogP contribution >= 0.6 is 0 Å². The lowest BCUT2D eigenvalue weighted by molar-refractivity contribution is -0.149. The van der Waals surface area contributed by atoms with E-state index in [1.54, 1.807) is 11.0 Å².